The summed E-state index contributed by atoms with van der Waals surface area (Å²) in [6.07, 6.45) is 0.138. The summed E-state index contributed by atoms with van der Waals surface area (Å²) in [5.74, 6) is -1.49. The lowest BCUT2D eigenvalue weighted by atomic mass is 9.93. The number of sulfone groups is 1. The summed E-state index contributed by atoms with van der Waals surface area (Å²) in [6.45, 7) is 3.27. The van der Waals surface area contributed by atoms with Crippen molar-refractivity contribution in [2.75, 3.05) is 5.75 Å². The highest BCUT2D eigenvalue weighted by Crippen LogP contribution is 2.27. The van der Waals surface area contributed by atoms with Crippen molar-refractivity contribution < 1.29 is 18.3 Å². The van der Waals surface area contributed by atoms with Crippen LogP contribution in [-0.4, -0.2) is 25.2 Å². The van der Waals surface area contributed by atoms with E-state index in [4.69, 9.17) is 22.0 Å². The van der Waals surface area contributed by atoms with Gasteiger partial charge in [-0.1, -0.05) is 11.6 Å². The normalized spacial score (nSPS) is 11.9. The molecule has 0 amide bonds. The molecule has 0 radical (unpaired) electrons. The first-order valence-corrected chi connectivity index (χ1v) is 7.79. The van der Waals surface area contributed by atoms with Gasteiger partial charge >= 0.3 is 5.97 Å². The molecule has 5 nitrogen and oxygen atoms in total. The monoisotopic (exact) mass is 315 g/mol. The molecule has 0 saturated carbocycles. The lowest BCUT2D eigenvalue weighted by molar-refractivity contribution is 0.0696. The SMILES string of the molecule is CC(C)(C#N)CCS(=O)(=O)c1cc(C(=O)O)ccc1Cl. The van der Waals surface area contributed by atoms with E-state index >= 15 is 0 Å². The van der Waals surface area contributed by atoms with E-state index in [2.05, 4.69) is 0 Å². The third-order valence-corrected chi connectivity index (χ3v) is 5.00. The van der Waals surface area contributed by atoms with Gasteiger partial charge in [-0.3, -0.25) is 0 Å². The Morgan fingerprint density at radius 1 is 1.45 bits per heavy atom. The zero-order chi connectivity index (χ0) is 15.6. The Morgan fingerprint density at radius 2 is 2.05 bits per heavy atom. The summed E-state index contributed by atoms with van der Waals surface area (Å²) in [5.41, 5.74) is -0.920. The standard InChI is InChI=1S/C13H14ClNO4S/c1-13(2,8-15)5-6-20(18,19)11-7-9(12(16)17)3-4-10(11)14/h3-4,7H,5-6H2,1-2H3,(H,16,17). The first-order chi connectivity index (χ1) is 9.09. The van der Waals surface area contributed by atoms with Crippen molar-refractivity contribution in [2.45, 2.75) is 25.2 Å². The molecule has 20 heavy (non-hydrogen) atoms. The number of rotatable bonds is 5. The Bertz CT molecular complexity index is 674. The number of hydrogen-bond acceptors (Lipinski definition) is 4. The van der Waals surface area contributed by atoms with E-state index in [1.165, 1.54) is 12.1 Å². The van der Waals surface area contributed by atoms with Gasteiger partial charge in [0.15, 0.2) is 9.84 Å². The number of nitriles is 1. The second kappa shape index (κ2) is 5.81. The maximum atomic E-state index is 12.2. The summed E-state index contributed by atoms with van der Waals surface area (Å²) < 4.78 is 24.4. The third-order valence-electron chi connectivity index (χ3n) is 2.81. The minimum absolute atomic E-state index is 0.0234. The van der Waals surface area contributed by atoms with Crippen LogP contribution in [0.5, 0.6) is 0 Å². The Morgan fingerprint density at radius 3 is 2.55 bits per heavy atom. The number of benzene rings is 1. The number of carboxylic acid groups (broad SMARTS) is 1. The lowest BCUT2D eigenvalue weighted by Crippen LogP contribution is -2.17. The van der Waals surface area contributed by atoms with Crippen LogP contribution in [0.25, 0.3) is 0 Å². The van der Waals surface area contributed by atoms with Gasteiger partial charge in [-0.15, -0.1) is 0 Å². The number of hydrogen-bond donors (Lipinski definition) is 1. The van der Waals surface area contributed by atoms with Crippen LogP contribution in [0, 0.1) is 16.7 Å². The number of carboxylic acids is 1. The topological polar surface area (TPSA) is 95.2 Å². The van der Waals surface area contributed by atoms with Crippen LogP contribution in [0.4, 0.5) is 0 Å². The predicted molar refractivity (Wildman–Crippen MR) is 74.5 cm³/mol. The van der Waals surface area contributed by atoms with Crippen LogP contribution in [0.3, 0.4) is 0 Å². The van der Waals surface area contributed by atoms with E-state index in [0.717, 1.165) is 6.07 Å². The Kier molecular flexibility index (Phi) is 4.79. The van der Waals surface area contributed by atoms with E-state index < -0.39 is 21.2 Å². The van der Waals surface area contributed by atoms with E-state index in [9.17, 15) is 13.2 Å². The molecule has 0 aromatic heterocycles. The summed E-state index contributed by atoms with van der Waals surface area (Å²) in [7, 11) is -3.74. The van der Waals surface area contributed by atoms with Gasteiger partial charge in [0.05, 0.1) is 32.7 Å². The number of halogens is 1. The van der Waals surface area contributed by atoms with Crippen LogP contribution in [0.15, 0.2) is 23.1 Å². The molecule has 0 aliphatic carbocycles. The minimum Gasteiger partial charge on any atom is -0.478 e. The lowest BCUT2D eigenvalue weighted by Gasteiger charge is -2.15. The average molecular weight is 316 g/mol. The molecule has 1 aromatic rings. The number of aromatic carboxylic acids is 1. The Labute approximate surface area is 122 Å². The fraction of sp³-hybridized carbons (Fsp3) is 0.385. The molecule has 1 N–H and O–H groups in total. The van der Waals surface area contributed by atoms with E-state index in [-0.39, 0.29) is 27.7 Å². The highest BCUT2D eigenvalue weighted by Gasteiger charge is 2.25. The molecule has 7 heteroatoms. The van der Waals surface area contributed by atoms with Crippen LogP contribution in [0.2, 0.25) is 5.02 Å². The molecule has 0 saturated heterocycles. The molecule has 0 atom stereocenters. The van der Waals surface area contributed by atoms with Crippen molar-refractivity contribution in [1.82, 2.24) is 0 Å². The molecule has 0 heterocycles. The van der Waals surface area contributed by atoms with Gasteiger partial charge in [-0.05, 0) is 38.5 Å². The van der Waals surface area contributed by atoms with Gasteiger partial charge in [0.25, 0.3) is 0 Å². The molecular weight excluding hydrogens is 302 g/mol. The van der Waals surface area contributed by atoms with Crippen molar-refractivity contribution in [3.05, 3.63) is 28.8 Å². The van der Waals surface area contributed by atoms with Crippen LogP contribution in [0.1, 0.15) is 30.6 Å². The highest BCUT2D eigenvalue weighted by molar-refractivity contribution is 7.91. The summed E-state index contributed by atoms with van der Waals surface area (Å²) in [5, 5.41) is 17.7. The van der Waals surface area contributed by atoms with E-state index in [1.807, 2.05) is 6.07 Å². The molecule has 0 spiro atoms. The zero-order valence-electron chi connectivity index (χ0n) is 11.1. The molecule has 1 rings (SSSR count). The fourth-order valence-corrected chi connectivity index (χ4v) is 3.57. The summed E-state index contributed by atoms with van der Waals surface area (Å²) >= 11 is 5.83. The first-order valence-electron chi connectivity index (χ1n) is 5.76. The largest absolute Gasteiger partial charge is 0.478 e. The fourth-order valence-electron chi connectivity index (χ4n) is 1.43. The zero-order valence-corrected chi connectivity index (χ0v) is 12.6. The smallest absolute Gasteiger partial charge is 0.335 e. The Balaban J connectivity index is 3.13. The van der Waals surface area contributed by atoms with E-state index in [1.54, 1.807) is 13.8 Å². The second-order valence-electron chi connectivity index (χ2n) is 5.01. The van der Waals surface area contributed by atoms with Crippen LogP contribution in [-0.2, 0) is 9.84 Å². The third kappa shape index (κ3) is 3.95. The molecule has 1 aromatic carbocycles. The van der Waals surface area contributed by atoms with Crippen molar-refractivity contribution in [3.63, 3.8) is 0 Å². The van der Waals surface area contributed by atoms with Gasteiger partial charge in [0.2, 0.25) is 0 Å². The number of nitrogens with zero attached hydrogens (tertiary/aromatic N) is 1. The highest BCUT2D eigenvalue weighted by atomic mass is 35.5. The quantitative estimate of drug-likeness (QED) is 0.901. The van der Waals surface area contributed by atoms with Crippen LogP contribution < -0.4 is 0 Å². The molecule has 108 valence electrons. The van der Waals surface area contributed by atoms with Gasteiger partial charge in [0, 0.05) is 0 Å². The minimum atomic E-state index is -3.74. The number of carbonyl (C=O) groups is 1. The maximum absolute atomic E-state index is 12.2. The van der Waals surface area contributed by atoms with Gasteiger partial charge in [0.1, 0.15) is 0 Å². The van der Waals surface area contributed by atoms with E-state index in [0.29, 0.717) is 0 Å². The maximum Gasteiger partial charge on any atom is 0.335 e. The predicted octanol–water partition coefficient (Wildman–Crippen LogP) is 2.75. The molecule has 0 unspecified atom stereocenters. The molecule has 0 aliphatic heterocycles. The van der Waals surface area contributed by atoms with Gasteiger partial charge in [-0.2, -0.15) is 5.26 Å². The van der Waals surface area contributed by atoms with Crippen molar-refractivity contribution in [1.29, 1.82) is 5.26 Å². The van der Waals surface area contributed by atoms with Crippen molar-refractivity contribution in [2.24, 2.45) is 5.41 Å². The van der Waals surface area contributed by atoms with Gasteiger partial charge in [-0.25, -0.2) is 13.2 Å². The van der Waals surface area contributed by atoms with Crippen molar-refractivity contribution in [3.8, 4) is 6.07 Å². The molecule has 0 bridgehead atoms. The summed E-state index contributed by atoms with van der Waals surface area (Å²) in [4.78, 5) is 10.7. The van der Waals surface area contributed by atoms with Crippen LogP contribution >= 0.6 is 11.6 Å². The Hall–Kier alpha value is -1.58. The first kappa shape index (κ1) is 16.5. The second-order valence-corrected chi connectivity index (χ2v) is 7.50. The van der Waals surface area contributed by atoms with Gasteiger partial charge < -0.3 is 5.11 Å². The molecular formula is C13H14ClNO4S. The molecule has 0 fully saturated rings. The summed E-state index contributed by atoms with van der Waals surface area (Å²) in [6, 6.07) is 5.54. The van der Waals surface area contributed by atoms with Crippen molar-refractivity contribution >= 4 is 27.4 Å². The molecule has 0 aliphatic rings. The average Bonchev–Trinajstić information content (AvgIpc) is 2.37.